The smallest absolute Gasteiger partial charge is 0.335 e. The Balaban J connectivity index is 1.97. The van der Waals surface area contributed by atoms with Gasteiger partial charge in [0.05, 0.1) is 10.5 Å². The summed E-state index contributed by atoms with van der Waals surface area (Å²) in [5.74, 6) is -1.14. The van der Waals surface area contributed by atoms with E-state index in [1.165, 1.54) is 18.2 Å². The maximum atomic E-state index is 11.5. The summed E-state index contributed by atoms with van der Waals surface area (Å²) >= 11 is 0. The second-order valence-electron chi connectivity index (χ2n) is 4.91. The highest BCUT2D eigenvalue weighted by Gasteiger charge is 2.30. The summed E-state index contributed by atoms with van der Waals surface area (Å²) in [4.78, 5) is 22.0. The Hall–Kier alpha value is -4.09. The van der Waals surface area contributed by atoms with Gasteiger partial charge in [0.15, 0.2) is 22.2 Å². The van der Waals surface area contributed by atoms with Crippen LogP contribution in [0, 0.1) is 10.1 Å². The number of hydrogen-bond donors (Lipinski definition) is 2. The van der Waals surface area contributed by atoms with E-state index in [9.17, 15) is 14.9 Å². The van der Waals surface area contributed by atoms with E-state index in [0.29, 0.717) is 5.69 Å². The number of rotatable bonds is 4. The molecule has 124 valence electrons. The van der Waals surface area contributed by atoms with Crippen LogP contribution >= 0.6 is 0 Å². The van der Waals surface area contributed by atoms with Crippen molar-refractivity contribution >= 4 is 45.1 Å². The average molecular weight is 342 g/mol. The summed E-state index contributed by atoms with van der Waals surface area (Å²) in [7, 11) is 0. The van der Waals surface area contributed by atoms with Crippen molar-refractivity contribution in [2.45, 2.75) is 0 Å². The molecule has 0 unspecified atom stereocenters. The van der Waals surface area contributed by atoms with Crippen LogP contribution in [0.5, 0.6) is 0 Å². The van der Waals surface area contributed by atoms with Crippen molar-refractivity contribution in [1.29, 1.82) is 0 Å². The number of nitrogens with zero attached hydrogens (tertiary/aromatic N) is 5. The van der Waals surface area contributed by atoms with Gasteiger partial charge in [-0.05, 0) is 38.8 Å². The molecule has 0 aliphatic rings. The Labute approximate surface area is 136 Å². The topological polar surface area (TPSA) is 170 Å². The van der Waals surface area contributed by atoms with E-state index in [0.717, 1.165) is 0 Å². The number of nitro groups is 1. The second kappa shape index (κ2) is 5.23. The summed E-state index contributed by atoms with van der Waals surface area (Å²) < 4.78 is 9.22. The van der Waals surface area contributed by atoms with E-state index in [2.05, 4.69) is 35.2 Å². The number of carboxylic acids is 1. The van der Waals surface area contributed by atoms with Crippen LogP contribution in [-0.2, 0) is 0 Å². The molecular weight excluding hydrogens is 336 g/mol. The zero-order valence-corrected chi connectivity index (χ0v) is 12.0. The van der Waals surface area contributed by atoms with Gasteiger partial charge in [0.2, 0.25) is 5.52 Å². The maximum Gasteiger partial charge on any atom is 0.335 e. The summed E-state index contributed by atoms with van der Waals surface area (Å²) in [5, 5.41) is 37.9. The predicted octanol–water partition coefficient (Wildman–Crippen LogP) is 2.11. The first-order valence-corrected chi connectivity index (χ1v) is 6.71. The number of nitrogens with one attached hydrogen (secondary N) is 1. The van der Waals surface area contributed by atoms with Crippen LogP contribution in [0.4, 0.5) is 17.1 Å². The first kappa shape index (κ1) is 14.5. The molecule has 0 radical (unpaired) electrons. The molecule has 0 atom stereocenters. The molecule has 2 N–H and O–H groups in total. The van der Waals surface area contributed by atoms with Crippen LogP contribution in [0.25, 0.3) is 22.1 Å². The summed E-state index contributed by atoms with van der Waals surface area (Å²) in [6.45, 7) is 0. The minimum absolute atomic E-state index is 0.00588. The van der Waals surface area contributed by atoms with Crippen molar-refractivity contribution in [3.63, 3.8) is 0 Å². The number of carbonyl (C=O) groups is 1. The van der Waals surface area contributed by atoms with Gasteiger partial charge in [-0.2, -0.15) is 0 Å². The molecule has 2 aromatic carbocycles. The molecule has 0 saturated carbocycles. The van der Waals surface area contributed by atoms with Crippen LogP contribution in [0.3, 0.4) is 0 Å². The van der Waals surface area contributed by atoms with Gasteiger partial charge in [-0.25, -0.2) is 14.1 Å². The van der Waals surface area contributed by atoms with Gasteiger partial charge >= 0.3 is 11.7 Å². The highest BCUT2D eigenvalue weighted by molar-refractivity contribution is 6.12. The molecular formula is C13H6N6O6. The van der Waals surface area contributed by atoms with Crippen molar-refractivity contribution in [3.05, 3.63) is 39.9 Å². The van der Waals surface area contributed by atoms with Crippen molar-refractivity contribution < 1.29 is 24.1 Å². The molecule has 0 amide bonds. The lowest BCUT2D eigenvalue weighted by Crippen LogP contribution is -2.01. The molecule has 4 aromatic rings. The summed E-state index contributed by atoms with van der Waals surface area (Å²) in [6, 6.07) is 5.74. The van der Waals surface area contributed by atoms with Gasteiger partial charge in [-0.3, -0.25) is 10.1 Å². The Kier molecular flexibility index (Phi) is 3.03. The van der Waals surface area contributed by atoms with Gasteiger partial charge in [0, 0.05) is 5.69 Å². The first-order valence-electron chi connectivity index (χ1n) is 6.71. The van der Waals surface area contributed by atoms with E-state index < -0.39 is 16.6 Å². The van der Waals surface area contributed by atoms with Crippen molar-refractivity contribution in [2.75, 3.05) is 5.32 Å². The fraction of sp³-hybridized carbons (Fsp3) is 0. The minimum Gasteiger partial charge on any atom is -0.478 e. The Bertz CT molecular complexity index is 1150. The van der Waals surface area contributed by atoms with Crippen LogP contribution < -0.4 is 5.32 Å². The third kappa shape index (κ3) is 2.20. The standard InChI is InChI=1S/C13H6N6O6/c20-13(21)5-2-1-3-6(4-5)14-10-8-7(15-24-16-8)9-11(18-25-17-9)12(10)19(22)23/h1-4,14H,(H,20,21). The minimum atomic E-state index is -1.14. The van der Waals surface area contributed by atoms with Gasteiger partial charge in [0.25, 0.3) is 0 Å². The number of fused-ring (bicyclic) bond motifs is 3. The molecule has 0 aliphatic carbocycles. The zero-order valence-electron chi connectivity index (χ0n) is 12.0. The Morgan fingerprint density at radius 2 is 1.72 bits per heavy atom. The van der Waals surface area contributed by atoms with Crippen LogP contribution in [0.15, 0.2) is 33.5 Å². The highest BCUT2D eigenvalue weighted by Crippen LogP contribution is 2.40. The summed E-state index contributed by atoms with van der Waals surface area (Å²) in [6.07, 6.45) is 0. The van der Waals surface area contributed by atoms with Gasteiger partial charge in [-0.1, -0.05) is 6.07 Å². The third-order valence-corrected chi connectivity index (χ3v) is 3.46. The molecule has 4 rings (SSSR count). The number of aromatic carboxylic acids is 1. The predicted molar refractivity (Wildman–Crippen MR) is 80.5 cm³/mol. The zero-order chi connectivity index (χ0) is 17.6. The van der Waals surface area contributed by atoms with E-state index in [1.807, 2.05) is 0 Å². The number of aromatic nitrogens is 4. The maximum absolute atomic E-state index is 11.5. The van der Waals surface area contributed by atoms with E-state index in [-0.39, 0.29) is 33.3 Å². The first-order chi connectivity index (χ1) is 12.1. The fourth-order valence-corrected chi connectivity index (χ4v) is 2.41. The van der Waals surface area contributed by atoms with Crippen molar-refractivity contribution in [3.8, 4) is 0 Å². The summed E-state index contributed by atoms with van der Waals surface area (Å²) in [5.41, 5.74) is -0.145. The lowest BCUT2D eigenvalue weighted by Gasteiger charge is -2.08. The average Bonchev–Trinajstić information content (AvgIpc) is 3.23. The van der Waals surface area contributed by atoms with E-state index in [4.69, 9.17) is 5.11 Å². The van der Waals surface area contributed by atoms with Crippen LogP contribution in [-0.4, -0.2) is 36.6 Å². The van der Waals surface area contributed by atoms with Crippen molar-refractivity contribution in [2.24, 2.45) is 0 Å². The normalized spacial score (nSPS) is 11.0. The quantitative estimate of drug-likeness (QED) is 0.411. The molecule has 25 heavy (non-hydrogen) atoms. The largest absolute Gasteiger partial charge is 0.478 e. The number of nitro benzene ring substituents is 1. The molecule has 0 bridgehead atoms. The molecule has 0 aliphatic heterocycles. The van der Waals surface area contributed by atoms with Crippen molar-refractivity contribution in [1.82, 2.24) is 20.6 Å². The number of anilines is 2. The fourth-order valence-electron chi connectivity index (χ4n) is 2.41. The number of carboxylic acid groups (broad SMARTS) is 1. The number of hydrogen-bond acceptors (Lipinski definition) is 10. The molecule has 0 saturated heterocycles. The molecule has 0 fully saturated rings. The van der Waals surface area contributed by atoms with E-state index in [1.54, 1.807) is 6.07 Å². The molecule has 2 aromatic heterocycles. The van der Waals surface area contributed by atoms with E-state index >= 15 is 0 Å². The van der Waals surface area contributed by atoms with Gasteiger partial charge in [0.1, 0.15) is 0 Å². The number of benzene rings is 2. The van der Waals surface area contributed by atoms with Gasteiger partial charge < -0.3 is 10.4 Å². The SMILES string of the molecule is O=C(O)c1cccc(Nc2c([N+](=O)[O-])c3nonc3c3nonc23)c1. The van der Waals surface area contributed by atoms with Crippen LogP contribution in [0.1, 0.15) is 10.4 Å². The lowest BCUT2D eigenvalue weighted by atomic mass is 10.1. The Morgan fingerprint density at radius 3 is 2.40 bits per heavy atom. The highest BCUT2D eigenvalue weighted by atomic mass is 16.6. The van der Waals surface area contributed by atoms with Crippen LogP contribution in [0.2, 0.25) is 0 Å². The van der Waals surface area contributed by atoms with Gasteiger partial charge in [-0.15, -0.1) is 0 Å². The molecule has 2 heterocycles. The monoisotopic (exact) mass is 342 g/mol. The molecule has 12 heteroatoms. The lowest BCUT2D eigenvalue weighted by molar-refractivity contribution is -0.382. The Morgan fingerprint density at radius 1 is 1.08 bits per heavy atom. The third-order valence-electron chi connectivity index (χ3n) is 3.46. The second-order valence-corrected chi connectivity index (χ2v) is 4.91. The molecule has 12 nitrogen and oxygen atoms in total. The molecule has 0 spiro atoms.